The standard InChI is InChI=1S/C14H19ClN4S/c1-4-10-7-11-12(16-14(15)17-13(11)20-10)19-6-5-18(3)8-9(19)2/h7,9H,4-6,8H2,1-3H3. The minimum atomic E-state index is 0.350. The maximum absolute atomic E-state index is 6.12. The largest absolute Gasteiger partial charge is 0.351 e. The van der Waals surface area contributed by atoms with E-state index in [2.05, 4.69) is 46.7 Å². The van der Waals surface area contributed by atoms with Crippen LogP contribution in [0.15, 0.2) is 6.07 Å². The smallest absolute Gasteiger partial charge is 0.225 e. The Morgan fingerprint density at radius 2 is 2.20 bits per heavy atom. The molecule has 1 atom stereocenters. The van der Waals surface area contributed by atoms with E-state index in [0.717, 1.165) is 42.1 Å². The molecule has 1 saturated heterocycles. The van der Waals surface area contributed by atoms with Crippen molar-refractivity contribution in [3.63, 3.8) is 0 Å². The molecular formula is C14H19ClN4S. The number of hydrogen-bond donors (Lipinski definition) is 0. The Bertz CT molecular complexity index is 627. The molecule has 1 aliphatic rings. The predicted molar refractivity (Wildman–Crippen MR) is 86.1 cm³/mol. The second-order valence-electron chi connectivity index (χ2n) is 5.41. The number of aryl methyl sites for hydroxylation is 1. The number of likely N-dealkylation sites (N-methyl/N-ethyl adjacent to an activating group) is 1. The van der Waals surface area contributed by atoms with E-state index in [4.69, 9.17) is 11.6 Å². The molecule has 1 aliphatic heterocycles. The molecule has 108 valence electrons. The van der Waals surface area contributed by atoms with Gasteiger partial charge in [0.2, 0.25) is 5.28 Å². The molecule has 0 radical (unpaired) electrons. The van der Waals surface area contributed by atoms with Crippen molar-refractivity contribution in [1.82, 2.24) is 14.9 Å². The monoisotopic (exact) mass is 310 g/mol. The third-order valence-corrected chi connectivity index (χ3v) is 5.19. The van der Waals surface area contributed by atoms with Gasteiger partial charge in [-0.1, -0.05) is 6.92 Å². The van der Waals surface area contributed by atoms with Crippen LogP contribution in [-0.4, -0.2) is 47.6 Å². The van der Waals surface area contributed by atoms with Crippen LogP contribution in [0, 0.1) is 0 Å². The summed E-state index contributed by atoms with van der Waals surface area (Å²) >= 11 is 7.84. The normalized spacial score (nSPS) is 20.8. The van der Waals surface area contributed by atoms with Crippen LogP contribution in [-0.2, 0) is 6.42 Å². The molecule has 0 amide bonds. The molecule has 0 aromatic carbocycles. The molecule has 0 bridgehead atoms. The van der Waals surface area contributed by atoms with Crippen LogP contribution in [0.3, 0.4) is 0 Å². The van der Waals surface area contributed by atoms with Gasteiger partial charge in [-0.25, -0.2) is 4.98 Å². The van der Waals surface area contributed by atoms with Crippen molar-refractivity contribution in [1.29, 1.82) is 0 Å². The minimum Gasteiger partial charge on any atom is -0.351 e. The highest BCUT2D eigenvalue weighted by Gasteiger charge is 2.25. The minimum absolute atomic E-state index is 0.350. The molecule has 0 spiro atoms. The third kappa shape index (κ3) is 2.50. The van der Waals surface area contributed by atoms with Crippen molar-refractivity contribution in [2.45, 2.75) is 26.3 Å². The summed E-state index contributed by atoms with van der Waals surface area (Å²) in [5.41, 5.74) is 0. The lowest BCUT2D eigenvalue weighted by Gasteiger charge is -2.39. The van der Waals surface area contributed by atoms with Crippen molar-refractivity contribution in [3.05, 3.63) is 16.2 Å². The van der Waals surface area contributed by atoms with Gasteiger partial charge >= 0.3 is 0 Å². The van der Waals surface area contributed by atoms with E-state index in [1.54, 1.807) is 11.3 Å². The van der Waals surface area contributed by atoms with Crippen molar-refractivity contribution in [2.75, 3.05) is 31.6 Å². The second-order valence-corrected chi connectivity index (χ2v) is 6.86. The molecule has 4 nitrogen and oxygen atoms in total. The molecule has 20 heavy (non-hydrogen) atoms. The zero-order valence-corrected chi connectivity index (χ0v) is 13.6. The number of hydrogen-bond acceptors (Lipinski definition) is 5. The maximum Gasteiger partial charge on any atom is 0.225 e. The molecule has 6 heteroatoms. The Hall–Kier alpha value is -0.910. The van der Waals surface area contributed by atoms with Crippen molar-refractivity contribution < 1.29 is 0 Å². The molecule has 1 unspecified atom stereocenters. The van der Waals surface area contributed by atoms with E-state index in [1.165, 1.54) is 4.88 Å². The Labute approximate surface area is 128 Å². The molecule has 0 aliphatic carbocycles. The number of thiophene rings is 1. The number of fused-ring (bicyclic) bond motifs is 1. The zero-order valence-electron chi connectivity index (χ0n) is 12.1. The zero-order chi connectivity index (χ0) is 14.3. The fourth-order valence-corrected chi connectivity index (χ4v) is 3.95. The number of anilines is 1. The van der Waals surface area contributed by atoms with Crippen LogP contribution in [0.5, 0.6) is 0 Å². The Kier molecular flexibility index (Phi) is 3.84. The number of aromatic nitrogens is 2. The van der Waals surface area contributed by atoms with E-state index < -0.39 is 0 Å². The molecule has 2 aromatic heterocycles. The highest BCUT2D eigenvalue weighted by Crippen LogP contribution is 2.33. The Morgan fingerprint density at radius 3 is 2.90 bits per heavy atom. The summed E-state index contributed by atoms with van der Waals surface area (Å²) in [4.78, 5) is 15.9. The van der Waals surface area contributed by atoms with Crippen LogP contribution in [0.1, 0.15) is 18.7 Å². The summed E-state index contributed by atoms with van der Waals surface area (Å²) in [7, 11) is 2.16. The van der Waals surface area contributed by atoms with E-state index in [-0.39, 0.29) is 0 Å². The highest BCUT2D eigenvalue weighted by atomic mass is 35.5. The first-order chi connectivity index (χ1) is 9.58. The van der Waals surface area contributed by atoms with Gasteiger partial charge in [0, 0.05) is 30.6 Å². The van der Waals surface area contributed by atoms with Crippen molar-refractivity contribution in [2.24, 2.45) is 0 Å². The molecule has 0 N–H and O–H groups in total. The average molecular weight is 311 g/mol. The average Bonchev–Trinajstić information content (AvgIpc) is 2.81. The molecule has 3 heterocycles. The van der Waals surface area contributed by atoms with Gasteiger partial charge in [0.1, 0.15) is 10.6 Å². The van der Waals surface area contributed by atoms with Gasteiger partial charge in [0.15, 0.2) is 0 Å². The SMILES string of the molecule is CCc1cc2c(N3CCN(C)CC3C)nc(Cl)nc2s1. The fraction of sp³-hybridized carbons (Fsp3) is 0.571. The topological polar surface area (TPSA) is 32.3 Å². The van der Waals surface area contributed by atoms with Crippen LogP contribution in [0.2, 0.25) is 5.28 Å². The number of halogens is 1. The summed E-state index contributed by atoms with van der Waals surface area (Å²) in [5, 5.41) is 1.50. The van der Waals surface area contributed by atoms with E-state index in [0.29, 0.717) is 11.3 Å². The lowest BCUT2D eigenvalue weighted by Crippen LogP contribution is -2.50. The van der Waals surface area contributed by atoms with E-state index in [1.807, 2.05) is 0 Å². The van der Waals surface area contributed by atoms with Crippen LogP contribution < -0.4 is 4.90 Å². The lowest BCUT2D eigenvalue weighted by molar-refractivity contribution is 0.275. The number of rotatable bonds is 2. The van der Waals surface area contributed by atoms with E-state index >= 15 is 0 Å². The fourth-order valence-electron chi connectivity index (χ4n) is 2.78. The van der Waals surface area contributed by atoms with Gasteiger partial charge in [-0.05, 0) is 38.1 Å². The van der Waals surface area contributed by atoms with E-state index in [9.17, 15) is 0 Å². The molecule has 2 aromatic rings. The van der Waals surface area contributed by atoms with Crippen LogP contribution in [0.4, 0.5) is 5.82 Å². The first kappa shape index (κ1) is 14.0. The quantitative estimate of drug-likeness (QED) is 0.798. The van der Waals surface area contributed by atoms with Crippen molar-refractivity contribution in [3.8, 4) is 0 Å². The van der Waals surface area contributed by atoms with Gasteiger partial charge < -0.3 is 9.80 Å². The second kappa shape index (κ2) is 5.47. The predicted octanol–water partition coefficient (Wildman–Crippen LogP) is 3.05. The number of piperazine rings is 1. The maximum atomic E-state index is 6.12. The number of nitrogens with zero attached hydrogens (tertiary/aromatic N) is 4. The molecule has 0 saturated carbocycles. The van der Waals surface area contributed by atoms with Gasteiger partial charge in [0.05, 0.1) is 5.39 Å². The van der Waals surface area contributed by atoms with Gasteiger partial charge in [-0.2, -0.15) is 4.98 Å². The Morgan fingerprint density at radius 1 is 1.40 bits per heavy atom. The Balaban J connectivity index is 2.07. The first-order valence-corrected chi connectivity index (χ1v) is 8.19. The summed E-state index contributed by atoms with van der Waals surface area (Å²) in [6.45, 7) is 7.49. The van der Waals surface area contributed by atoms with Crippen LogP contribution in [0.25, 0.3) is 10.2 Å². The molecule has 1 fully saturated rings. The summed E-state index contributed by atoms with van der Waals surface area (Å²) < 4.78 is 0. The van der Waals surface area contributed by atoms with Gasteiger partial charge in [0.25, 0.3) is 0 Å². The van der Waals surface area contributed by atoms with Gasteiger partial charge in [-0.3, -0.25) is 0 Å². The lowest BCUT2D eigenvalue weighted by atomic mass is 10.2. The summed E-state index contributed by atoms with van der Waals surface area (Å²) in [6.07, 6.45) is 1.02. The van der Waals surface area contributed by atoms with Crippen LogP contribution >= 0.6 is 22.9 Å². The van der Waals surface area contributed by atoms with Gasteiger partial charge in [-0.15, -0.1) is 11.3 Å². The molecular weight excluding hydrogens is 292 g/mol. The third-order valence-electron chi connectivity index (χ3n) is 3.85. The summed E-state index contributed by atoms with van der Waals surface area (Å²) in [6, 6.07) is 2.66. The first-order valence-electron chi connectivity index (χ1n) is 6.99. The summed E-state index contributed by atoms with van der Waals surface area (Å²) in [5.74, 6) is 0.997. The highest BCUT2D eigenvalue weighted by molar-refractivity contribution is 7.18. The van der Waals surface area contributed by atoms with Crippen molar-refractivity contribution >= 4 is 39.0 Å². The molecule has 3 rings (SSSR count).